The van der Waals surface area contributed by atoms with E-state index in [2.05, 4.69) is 72.1 Å². The number of hydrogen-bond donors (Lipinski definition) is 0. The second kappa shape index (κ2) is 33.2. The highest BCUT2D eigenvalue weighted by Crippen LogP contribution is 2.72. The summed E-state index contributed by atoms with van der Waals surface area (Å²) in [6, 6.07) is 5.18. The van der Waals surface area contributed by atoms with E-state index in [4.69, 9.17) is 0 Å². The summed E-state index contributed by atoms with van der Waals surface area (Å²) in [5.74, 6) is 29.7. The maximum Gasteiger partial charge on any atom is 0.156 e. The van der Waals surface area contributed by atoms with Gasteiger partial charge >= 0.3 is 0 Å². The monoisotopic (exact) mass is 1490 g/mol. The summed E-state index contributed by atoms with van der Waals surface area (Å²) < 4.78 is 0. The highest BCUT2D eigenvalue weighted by molar-refractivity contribution is 6.65. The van der Waals surface area contributed by atoms with E-state index in [-0.39, 0.29) is 0 Å². The van der Waals surface area contributed by atoms with Crippen molar-refractivity contribution in [2.24, 2.45) is 176 Å². The average molecular weight is 1490 g/mol. The van der Waals surface area contributed by atoms with Crippen LogP contribution in [0.4, 0.5) is 0 Å². The molecular formula is C106H179BN2. The molecule has 23 unspecified atom stereocenters. The Balaban J connectivity index is 0.801. The molecule has 17 aliphatic carbocycles. The summed E-state index contributed by atoms with van der Waals surface area (Å²) in [5, 5.41) is 0. The molecule has 19 rings (SSSR count). The van der Waals surface area contributed by atoms with Crippen molar-refractivity contribution < 1.29 is 0 Å². The zero-order valence-electron chi connectivity index (χ0n) is 73.8. The lowest BCUT2D eigenvalue weighted by Crippen LogP contribution is -2.77. The van der Waals surface area contributed by atoms with Crippen LogP contribution in [0.2, 0.25) is 17.5 Å². The van der Waals surface area contributed by atoms with Gasteiger partial charge in [0.25, 0.3) is 0 Å². The molecule has 2 nitrogen and oxygen atoms in total. The first-order valence-corrected chi connectivity index (χ1v) is 52.5. The predicted octanol–water partition coefficient (Wildman–Crippen LogP) is 30.1. The van der Waals surface area contributed by atoms with E-state index in [0.717, 1.165) is 220 Å². The highest BCUT2D eigenvalue weighted by atomic mass is 15.3. The van der Waals surface area contributed by atoms with E-state index in [1.807, 2.05) is 0 Å². The van der Waals surface area contributed by atoms with Crippen LogP contribution in [0, 0.1) is 176 Å². The first kappa shape index (κ1) is 78.8. The molecule has 0 aromatic rings. The van der Waals surface area contributed by atoms with Gasteiger partial charge in [-0.1, -0.05) is 306 Å². The Kier molecular flexibility index (Phi) is 24.0. The SMILES string of the molecule is CC(C)(C)C1CCC(C2CC3C4B(C5CC(C6CC7CC(C(C)(C)C)CC8CCC9CC(C(C)(C)C)CC6C9C87)CCC5N3C3C(C5CCCCC5)CC(C5CCCCC5)CC3C3CCCCC3)C3CCC(C5CCCCC5)CC3N(C3C(C5CCCCC5)CC(C5CCCCC5)CC3C3CCCCC3)C4C2)CC1. The van der Waals surface area contributed by atoms with Crippen molar-refractivity contribution in [3.8, 4) is 0 Å². The Bertz CT molecular complexity index is 2820. The van der Waals surface area contributed by atoms with Crippen LogP contribution >= 0.6 is 0 Å². The van der Waals surface area contributed by atoms with Gasteiger partial charge in [0.15, 0.2) is 6.71 Å². The molecule has 0 amide bonds. The van der Waals surface area contributed by atoms with E-state index in [1.165, 1.54) is 32.1 Å². The van der Waals surface area contributed by atoms with E-state index in [1.54, 1.807) is 340 Å². The molecule has 19 aliphatic rings. The van der Waals surface area contributed by atoms with Gasteiger partial charge in [-0.25, -0.2) is 0 Å². The Morgan fingerprint density at radius 2 is 0.523 bits per heavy atom. The second-order valence-corrected chi connectivity index (χ2v) is 50.5. The van der Waals surface area contributed by atoms with Crippen LogP contribution in [-0.2, 0) is 0 Å². The number of hydrogen-bond acceptors (Lipinski definition) is 2. The van der Waals surface area contributed by atoms with E-state index in [0.29, 0.717) is 16.2 Å². The minimum absolute atomic E-state index is 0.434. The molecule has 0 bridgehead atoms. The quantitative estimate of drug-likeness (QED) is 0.190. The van der Waals surface area contributed by atoms with Crippen molar-refractivity contribution in [2.75, 3.05) is 0 Å². The first-order chi connectivity index (χ1) is 52.9. The fraction of sp³-hybridized carbons (Fsp3) is 1.00. The van der Waals surface area contributed by atoms with Gasteiger partial charge in [0, 0.05) is 36.3 Å². The summed E-state index contributed by atoms with van der Waals surface area (Å²) in [5.41, 5.74) is 1.33. The zero-order valence-corrected chi connectivity index (χ0v) is 73.8. The summed E-state index contributed by atoms with van der Waals surface area (Å²) in [4.78, 5) is 8.13. The van der Waals surface area contributed by atoms with E-state index in [9.17, 15) is 0 Å². The highest BCUT2D eigenvalue weighted by Gasteiger charge is 2.70. The van der Waals surface area contributed by atoms with Crippen LogP contribution in [0.1, 0.15) is 435 Å². The van der Waals surface area contributed by atoms with Crippen LogP contribution in [0.25, 0.3) is 0 Å². The Labute approximate surface area is 676 Å². The summed E-state index contributed by atoms with van der Waals surface area (Å²) in [7, 11) is 0. The van der Waals surface area contributed by atoms with Gasteiger partial charge in [0.2, 0.25) is 0 Å². The minimum atomic E-state index is 0.434. The topological polar surface area (TPSA) is 6.48 Å². The van der Waals surface area contributed by atoms with Gasteiger partial charge in [-0.05, 0) is 322 Å². The summed E-state index contributed by atoms with van der Waals surface area (Å²) in [6.07, 6.45) is 92.4. The third kappa shape index (κ3) is 15.6. The molecule has 2 aliphatic heterocycles. The molecule has 19 fully saturated rings. The van der Waals surface area contributed by atoms with Crippen LogP contribution in [0.15, 0.2) is 0 Å². The number of rotatable bonds is 11. The molecule has 0 aromatic heterocycles. The maximum atomic E-state index is 4.07. The van der Waals surface area contributed by atoms with Crippen molar-refractivity contribution in [1.82, 2.24) is 9.80 Å². The molecule has 0 spiro atoms. The van der Waals surface area contributed by atoms with Crippen molar-refractivity contribution in [3.63, 3.8) is 0 Å². The molecule has 0 N–H and O–H groups in total. The van der Waals surface area contributed by atoms with Gasteiger partial charge in [-0.15, -0.1) is 0 Å². The zero-order chi connectivity index (χ0) is 74.0. The van der Waals surface area contributed by atoms with Gasteiger partial charge < -0.3 is 0 Å². The smallest absolute Gasteiger partial charge is 0.156 e. The van der Waals surface area contributed by atoms with E-state index >= 15 is 0 Å². The largest absolute Gasteiger partial charge is 0.295 e. The number of fused-ring (bicyclic) bond motifs is 4. The third-order valence-corrected chi connectivity index (χ3v) is 43.1. The molecule has 2 saturated heterocycles. The maximum absolute atomic E-state index is 4.07. The average Bonchev–Trinajstić information content (AvgIpc) is 0.686. The summed E-state index contributed by atoms with van der Waals surface area (Å²) >= 11 is 0. The lowest BCUT2D eigenvalue weighted by atomic mass is 9.17. The van der Waals surface area contributed by atoms with Crippen molar-refractivity contribution in [1.29, 1.82) is 0 Å². The van der Waals surface area contributed by atoms with Crippen LogP contribution in [0.3, 0.4) is 0 Å². The van der Waals surface area contributed by atoms with Gasteiger partial charge in [0.1, 0.15) is 0 Å². The van der Waals surface area contributed by atoms with Gasteiger partial charge in [-0.3, -0.25) is 9.80 Å². The Morgan fingerprint density at radius 1 is 0.193 bits per heavy atom. The van der Waals surface area contributed by atoms with Crippen LogP contribution in [-0.4, -0.2) is 52.8 Å². The Morgan fingerprint density at radius 3 is 0.963 bits per heavy atom. The molecular weight excluding hydrogens is 1310 g/mol. The molecule has 2 heterocycles. The number of nitrogens with zero attached hydrogens (tertiary/aromatic N) is 2. The van der Waals surface area contributed by atoms with Crippen LogP contribution in [0.5, 0.6) is 0 Å². The molecule has 0 radical (unpaired) electrons. The van der Waals surface area contributed by atoms with Crippen molar-refractivity contribution in [3.05, 3.63) is 0 Å². The summed E-state index contributed by atoms with van der Waals surface area (Å²) in [6.45, 7) is 25.3. The molecule has 23 atom stereocenters. The second-order valence-electron chi connectivity index (χ2n) is 50.5. The first-order valence-electron chi connectivity index (χ1n) is 52.5. The van der Waals surface area contributed by atoms with Gasteiger partial charge in [0.05, 0.1) is 0 Å². The van der Waals surface area contributed by atoms with Crippen LogP contribution < -0.4 is 0 Å². The Hall–Kier alpha value is -0.0151. The van der Waals surface area contributed by atoms with Crippen molar-refractivity contribution in [2.45, 2.75) is 488 Å². The molecule has 616 valence electrons. The lowest BCUT2D eigenvalue weighted by molar-refractivity contribution is -0.158. The standard InChI is InChI=1S/C106H179BN2/c1-104(2,3)84-51-47-71(48-52-84)82-65-97-101-98(66-82)109(103-90(74-41-27-15-28-42-74)60-81(70-35-21-12-22-36-70)61-91(103)75-43-29-16-30-44-75)96-64-76(68-31-17-10-18-32-68)49-53-93(96)107(101)94-63-77(87-62-83-57-85(105(4,5)6)55-78-45-46-79-56-86(106(7,8)9)67-92(87)100(79)99(78)83)50-54-95(94)108(97)102-88(72-37-23-13-24-38-72)58-80(69-33-19-11-20-34-69)59-89(102)73-39-25-14-26-40-73/h68-103H,10-67H2,1-9H3. The molecule has 17 saturated carbocycles. The fourth-order valence-corrected chi connectivity index (χ4v) is 38.2. The molecule has 109 heavy (non-hydrogen) atoms. The van der Waals surface area contributed by atoms with Crippen molar-refractivity contribution >= 4 is 6.71 Å². The fourth-order valence-electron chi connectivity index (χ4n) is 38.2. The predicted molar refractivity (Wildman–Crippen MR) is 464 cm³/mol. The van der Waals surface area contributed by atoms with E-state index < -0.39 is 0 Å². The molecule has 3 heteroatoms. The minimum Gasteiger partial charge on any atom is -0.295 e. The lowest BCUT2D eigenvalue weighted by Gasteiger charge is -2.73. The normalized spacial score (nSPS) is 47.9. The third-order valence-electron chi connectivity index (χ3n) is 43.1. The van der Waals surface area contributed by atoms with Gasteiger partial charge in [-0.2, -0.15) is 0 Å². The molecule has 0 aromatic carbocycles.